The summed E-state index contributed by atoms with van der Waals surface area (Å²) in [6.07, 6.45) is 8.29. The monoisotopic (exact) mass is 412 g/mol. The Bertz CT molecular complexity index is 873. The Hall–Kier alpha value is -2.11. The minimum Gasteiger partial charge on any atom is -0.483 e. The van der Waals surface area contributed by atoms with Crippen LogP contribution in [0.15, 0.2) is 24.3 Å². The molecule has 30 heavy (non-hydrogen) atoms. The van der Waals surface area contributed by atoms with Crippen molar-refractivity contribution >= 4 is 11.6 Å². The number of piperidine rings is 1. The van der Waals surface area contributed by atoms with Gasteiger partial charge in [0, 0.05) is 23.9 Å². The van der Waals surface area contributed by atoms with E-state index < -0.39 is 0 Å². The van der Waals surface area contributed by atoms with Gasteiger partial charge in [-0.3, -0.25) is 14.9 Å². The molecular weight excluding hydrogens is 380 g/mol. The molecule has 1 saturated heterocycles. The summed E-state index contributed by atoms with van der Waals surface area (Å²) in [7, 11) is 0. The fraction of sp³-hybridized carbons (Fsp3) is 0.708. The molecule has 1 amide bonds. The smallest absolute Gasteiger partial charge is 0.310 e. The molecule has 0 radical (unpaired) electrons. The number of nitro groups is 1. The molecule has 6 nitrogen and oxygen atoms in total. The highest BCUT2D eigenvalue weighted by atomic mass is 16.6. The van der Waals surface area contributed by atoms with Gasteiger partial charge in [-0.05, 0) is 74.2 Å². The van der Waals surface area contributed by atoms with Crippen LogP contribution in [0.25, 0.3) is 0 Å². The number of hydrogen-bond donors (Lipinski definition) is 1. The Morgan fingerprint density at radius 3 is 2.60 bits per heavy atom. The number of carbonyl (C=O) groups excluding carboxylic acids is 1. The van der Waals surface area contributed by atoms with E-state index >= 15 is 0 Å². The molecule has 162 valence electrons. The van der Waals surface area contributed by atoms with Crippen molar-refractivity contribution in [1.29, 1.82) is 0 Å². The Morgan fingerprint density at radius 1 is 1.03 bits per heavy atom. The molecule has 7 atom stereocenters. The quantitative estimate of drug-likeness (QED) is 0.568. The Kier molecular flexibility index (Phi) is 4.60. The maximum absolute atomic E-state index is 12.0. The molecule has 4 fully saturated rings. The minimum atomic E-state index is -0.347. The third kappa shape index (κ3) is 2.86. The van der Waals surface area contributed by atoms with Crippen molar-refractivity contribution in [1.82, 2.24) is 5.32 Å². The molecule has 0 unspecified atom stereocenters. The van der Waals surface area contributed by atoms with E-state index in [1.165, 1.54) is 12.5 Å². The molecule has 3 aliphatic carbocycles. The molecule has 3 saturated carbocycles. The summed E-state index contributed by atoms with van der Waals surface area (Å²) >= 11 is 0. The maximum Gasteiger partial charge on any atom is 0.310 e. The van der Waals surface area contributed by atoms with Crippen LogP contribution in [0.5, 0.6) is 5.75 Å². The van der Waals surface area contributed by atoms with E-state index in [1.807, 2.05) is 6.07 Å². The van der Waals surface area contributed by atoms with Crippen LogP contribution < -0.4 is 10.1 Å². The van der Waals surface area contributed by atoms with Gasteiger partial charge in [0.15, 0.2) is 5.75 Å². The number of nitro benzene ring substituents is 1. The first-order chi connectivity index (χ1) is 14.3. The van der Waals surface area contributed by atoms with E-state index in [2.05, 4.69) is 19.2 Å². The van der Waals surface area contributed by atoms with E-state index in [0.717, 1.165) is 38.5 Å². The second-order valence-electron chi connectivity index (χ2n) is 10.5. The minimum absolute atomic E-state index is 0.0288. The van der Waals surface area contributed by atoms with Gasteiger partial charge in [0.1, 0.15) is 6.10 Å². The molecule has 1 aliphatic heterocycles. The zero-order valence-corrected chi connectivity index (χ0v) is 17.9. The van der Waals surface area contributed by atoms with Crippen molar-refractivity contribution in [3.63, 3.8) is 0 Å². The molecule has 0 spiro atoms. The van der Waals surface area contributed by atoms with Gasteiger partial charge < -0.3 is 10.1 Å². The Balaban J connectivity index is 1.38. The van der Waals surface area contributed by atoms with E-state index in [4.69, 9.17) is 4.74 Å². The summed E-state index contributed by atoms with van der Waals surface area (Å²) in [6.45, 7) is 4.77. The number of fused-ring (bicyclic) bond motifs is 5. The summed E-state index contributed by atoms with van der Waals surface area (Å²) in [6, 6.07) is 7.09. The Morgan fingerprint density at radius 2 is 1.80 bits per heavy atom. The Labute approximate surface area is 177 Å². The number of rotatable bonds is 3. The van der Waals surface area contributed by atoms with E-state index in [0.29, 0.717) is 36.0 Å². The van der Waals surface area contributed by atoms with Crippen molar-refractivity contribution in [3.05, 3.63) is 34.4 Å². The molecule has 6 heteroatoms. The van der Waals surface area contributed by atoms with Crippen molar-refractivity contribution < 1.29 is 14.5 Å². The summed E-state index contributed by atoms with van der Waals surface area (Å²) < 4.78 is 6.37. The van der Waals surface area contributed by atoms with Gasteiger partial charge in [0.25, 0.3) is 0 Å². The lowest BCUT2D eigenvalue weighted by Gasteiger charge is -2.60. The molecule has 1 heterocycles. The average molecular weight is 413 g/mol. The van der Waals surface area contributed by atoms with Crippen LogP contribution in [0, 0.1) is 38.7 Å². The fourth-order valence-corrected chi connectivity index (χ4v) is 7.71. The van der Waals surface area contributed by atoms with Gasteiger partial charge in [0.2, 0.25) is 5.91 Å². The number of benzene rings is 1. The SMILES string of the molecule is C[C@]12CCC(=O)N[C@@H]1CC[C@@H]1[C@@H]2CC[C@]2(C)[C@@H](Oc3ccccc3[N+](=O)[O-])CC[C@@H]12. The molecule has 0 aromatic heterocycles. The highest BCUT2D eigenvalue weighted by molar-refractivity contribution is 5.77. The predicted molar refractivity (Wildman–Crippen MR) is 113 cm³/mol. The normalized spacial score (nSPS) is 42.5. The van der Waals surface area contributed by atoms with Crippen molar-refractivity contribution in [2.45, 2.75) is 77.4 Å². The number of ether oxygens (including phenoxy) is 1. The lowest BCUT2D eigenvalue weighted by Crippen LogP contribution is -2.61. The van der Waals surface area contributed by atoms with Crippen LogP contribution in [-0.2, 0) is 4.79 Å². The van der Waals surface area contributed by atoms with Gasteiger partial charge in [-0.1, -0.05) is 26.0 Å². The molecule has 1 aromatic rings. The van der Waals surface area contributed by atoms with Crippen molar-refractivity contribution in [2.75, 3.05) is 0 Å². The average Bonchev–Trinajstić information content (AvgIpc) is 3.05. The lowest BCUT2D eigenvalue weighted by atomic mass is 9.47. The predicted octanol–water partition coefficient (Wildman–Crippen LogP) is 4.86. The van der Waals surface area contributed by atoms with Gasteiger partial charge in [-0.15, -0.1) is 0 Å². The van der Waals surface area contributed by atoms with Crippen LogP contribution in [0.2, 0.25) is 0 Å². The van der Waals surface area contributed by atoms with E-state index in [-0.39, 0.29) is 33.5 Å². The molecule has 5 rings (SSSR count). The van der Waals surface area contributed by atoms with Crippen LogP contribution in [0.3, 0.4) is 0 Å². The fourth-order valence-electron chi connectivity index (χ4n) is 7.71. The number of nitrogens with zero attached hydrogens (tertiary/aromatic N) is 1. The third-order valence-corrected chi connectivity index (χ3v) is 9.34. The van der Waals surface area contributed by atoms with E-state index in [1.54, 1.807) is 12.1 Å². The first-order valence-electron chi connectivity index (χ1n) is 11.5. The summed E-state index contributed by atoms with van der Waals surface area (Å²) in [5.41, 5.74) is 0.325. The highest BCUT2D eigenvalue weighted by Gasteiger charge is 2.61. The molecule has 1 aromatic carbocycles. The van der Waals surface area contributed by atoms with Gasteiger partial charge >= 0.3 is 5.69 Å². The van der Waals surface area contributed by atoms with Crippen LogP contribution >= 0.6 is 0 Å². The van der Waals surface area contributed by atoms with Gasteiger partial charge in [-0.2, -0.15) is 0 Å². The number of nitrogens with one attached hydrogen (secondary N) is 1. The highest BCUT2D eigenvalue weighted by Crippen LogP contribution is 2.64. The largest absolute Gasteiger partial charge is 0.483 e. The molecular formula is C24H32N2O4. The first kappa shape index (κ1) is 19.8. The zero-order valence-electron chi connectivity index (χ0n) is 17.9. The van der Waals surface area contributed by atoms with Crippen molar-refractivity contribution in [3.8, 4) is 5.75 Å². The van der Waals surface area contributed by atoms with E-state index in [9.17, 15) is 14.9 Å². The first-order valence-corrected chi connectivity index (χ1v) is 11.5. The number of para-hydroxylation sites is 2. The standard InChI is InChI=1S/C24H32N2O4/c1-23-14-12-22(27)25-20(23)9-7-15-16-8-10-21(24(16,2)13-11-17(15)23)30-19-6-4-3-5-18(19)26(28)29/h3-6,15-17,20-21H,7-14H2,1-2H3,(H,25,27)/t15-,16-,17-,20+,21-,23+,24-/m0/s1. The molecule has 0 bridgehead atoms. The number of hydrogen-bond acceptors (Lipinski definition) is 4. The summed E-state index contributed by atoms with van der Waals surface area (Å²) in [4.78, 5) is 23.1. The van der Waals surface area contributed by atoms with Crippen molar-refractivity contribution in [2.24, 2.45) is 28.6 Å². The van der Waals surface area contributed by atoms with Gasteiger partial charge in [-0.25, -0.2) is 0 Å². The molecule has 4 aliphatic rings. The summed E-state index contributed by atoms with van der Waals surface area (Å²) in [5, 5.41) is 14.7. The van der Waals surface area contributed by atoms with Crippen LogP contribution in [-0.4, -0.2) is 23.0 Å². The topological polar surface area (TPSA) is 81.5 Å². The second kappa shape index (κ2) is 6.96. The molecule has 1 N–H and O–H groups in total. The van der Waals surface area contributed by atoms with Crippen LogP contribution in [0.1, 0.15) is 65.2 Å². The van der Waals surface area contributed by atoms with Crippen LogP contribution in [0.4, 0.5) is 5.69 Å². The number of carbonyl (C=O) groups is 1. The zero-order chi connectivity index (χ0) is 21.1. The maximum atomic E-state index is 12.0. The summed E-state index contributed by atoms with van der Waals surface area (Å²) in [5.74, 6) is 2.54. The van der Waals surface area contributed by atoms with Gasteiger partial charge in [0.05, 0.1) is 4.92 Å². The number of amides is 1. The second-order valence-corrected chi connectivity index (χ2v) is 10.5. The third-order valence-electron chi connectivity index (χ3n) is 9.34. The lowest BCUT2D eigenvalue weighted by molar-refractivity contribution is -0.386.